The van der Waals surface area contributed by atoms with Crippen molar-refractivity contribution < 1.29 is 44.1 Å². The summed E-state index contributed by atoms with van der Waals surface area (Å²) in [4.78, 5) is 73.0. The molecule has 14 nitrogen and oxygen atoms in total. The van der Waals surface area contributed by atoms with E-state index in [1.807, 2.05) is 42.5 Å². The maximum Gasteiger partial charge on any atom is 0.326 e. The van der Waals surface area contributed by atoms with Crippen LogP contribution in [0, 0.1) is 11.8 Å². The lowest BCUT2D eigenvalue weighted by atomic mass is 9.81. The summed E-state index contributed by atoms with van der Waals surface area (Å²) >= 11 is 0. The van der Waals surface area contributed by atoms with Gasteiger partial charge in [-0.3, -0.25) is 14.4 Å². The van der Waals surface area contributed by atoms with Gasteiger partial charge in [0.15, 0.2) is 0 Å². The van der Waals surface area contributed by atoms with Crippen LogP contribution in [0.1, 0.15) is 77.2 Å². The highest BCUT2D eigenvalue weighted by Gasteiger charge is 2.30. The Hall–Kier alpha value is -4.72. The number of hydrogen-bond donors (Lipinski definition) is 8. The number of unbranched alkanes of at least 4 members (excludes halogenated alkanes) is 1. The molecule has 3 unspecified atom stereocenters. The fourth-order valence-corrected chi connectivity index (χ4v) is 6.08. The number of carbonyl (C=O) groups excluding carboxylic acids is 3. The number of aliphatic carboxylic acids is 3. The summed E-state index contributed by atoms with van der Waals surface area (Å²) in [5, 5.41) is 43.3. The van der Waals surface area contributed by atoms with Crippen LogP contribution in [0.3, 0.4) is 0 Å². The predicted molar refractivity (Wildman–Crippen MR) is 186 cm³/mol. The first-order chi connectivity index (χ1) is 23.8. The van der Waals surface area contributed by atoms with Crippen LogP contribution < -0.4 is 26.6 Å². The first kappa shape index (κ1) is 39.7. The van der Waals surface area contributed by atoms with E-state index >= 15 is 0 Å². The Morgan fingerprint density at radius 1 is 0.760 bits per heavy atom. The van der Waals surface area contributed by atoms with Crippen LogP contribution >= 0.6 is 0 Å². The SMILES string of the molecule is CC(C)NCC1CCC(C(=O)NC(Cc2ccc3ccccc3c2)C(=O)NCCCCC(NC(=O)NC(CCC(=O)O)C(=O)O)C(=O)O)CC1. The Bertz CT molecular complexity index is 1470. The van der Waals surface area contributed by atoms with E-state index in [0.29, 0.717) is 31.2 Å². The Labute approximate surface area is 292 Å². The summed E-state index contributed by atoms with van der Waals surface area (Å²) in [6.45, 7) is 5.35. The van der Waals surface area contributed by atoms with Crippen LogP contribution in [0.2, 0.25) is 0 Å². The van der Waals surface area contributed by atoms with Gasteiger partial charge in [-0.15, -0.1) is 0 Å². The summed E-state index contributed by atoms with van der Waals surface area (Å²) < 4.78 is 0. The minimum atomic E-state index is -1.50. The van der Waals surface area contributed by atoms with E-state index < -0.39 is 48.5 Å². The molecule has 1 aliphatic carbocycles. The van der Waals surface area contributed by atoms with Crippen molar-refractivity contribution in [3.63, 3.8) is 0 Å². The third kappa shape index (κ3) is 13.7. The minimum Gasteiger partial charge on any atom is -0.481 e. The monoisotopic (exact) mass is 697 g/mol. The smallest absolute Gasteiger partial charge is 0.326 e. The number of nitrogens with one attached hydrogen (secondary N) is 5. The zero-order valence-electron chi connectivity index (χ0n) is 28.8. The summed E-state index contributed by atoms with van der Waals surface area (Å²) in [6, 6.07) is 9.54. The van der Waals surface area contributed by atoms with Crippen molar-refractivity contribution in [2.24, 2.45) is 11.8 Å². The van der Waals surface area contributed by atoms with E-state index in [4.69, 9.17) is 5.11 Å². The van der Waals surface area contributed by atoms with Crippen molar-refractivity contribution >= 4 is 46.5 Å². The van der Waals surface area contributed by atoms with Gasteiger partial charge in [-0.2, -0.15) is 0 Å². The minimum absolute atomic E-state index is 0.00188. The highest BCUT2D eigenvalue weighted by Crippen LogP contribution is 2.29. The number of carbonyl (C=O) groups is 6. The molecule has 274 valence electrons. The molecule has 0 bridgehead atoms. The maximum atomic E-state index is 13.5. The number of carboxylic acids is 3. The van der Waals surface area contributed by atoms with Gasteiger partial charge in [-0.25, -0.2) is 14.4 Å². The number of fused-ring (bicyclic) bond motifs is 1. The van der Waals surface area contributed by atoms with Crippen LogP contribution in [0.4, 0.5) is 4.79 Å². The van der Waals surface area contributed by atoms with E-state index in [0.717, 1.165) is 48.6 Å². The maximum absolute atomic E-state index is 13.5. The van der Waals surface area contributed by atoms with E-state index in [-0.39, 0.29) is 37.1 Å². The van der Waals surface area contributed by atoms with Gasteiger partial charge in [0.05, 0.1) is 0 Å². The van der Waals surface area contributed by atoms with E-state index in [2.05, 4.69) is 40.4 Å². The molecule has 0 spiro atoms. The molecule has 1 fully saturated rings. The predicted octanol–water partition coefficient (Wildman–Crippen LogP) is 3.03. The quantitative estimate of drug-likeness (QED) is 0.0945. The molecule has 0 heterocycles. The summed E-state index contributed by atoms with van der Waals surface area (Å²) in [5.41, 5.74) is 0.898. The molecule has 8 N–H and O–H groups in total. The van der Waals surface area contributed by atoms with Crippen LogP contribution in [0.5, 0.6) is 0 Å². The summed E-state index contributed by atoms with van der Waals surface area (Å²) in [6.07, 6.45) is 3.52. The molecule has 50 heavy (non-hydrogen) atoms. The number of benzene rings is 2. The zero-order chi connectivity index (χ0) is 36.6. The molecule has 14 heteroatoms. The molecule has 0 saturated heterocycles. The van der Waals surface area contributed by atoms with Crippen molar-refractivity contribution in [3.05, 3.63) is 48.0 Å². The second-order valence-electron chi connectivity index (χ2n) is 13.3. The first-order valence-corrected chi connectivity index (χ1v) is 17.4. The third-order valence-corrected chi connectivity index (χ3v) is 8.99. The number of urea groups is 1. The highest BCUT2D eigenvalue weighted by atomic mass is 16.4. The second kappa shape index (κ2) is 20.1. The average molecular weight is 698 g/mol. The van der Waals surface area contributed by atoms with Gasteiger partial charge < -0.3 is 41.9 Å². The molecule has 3 rings (SSSR count). The van der Waals surface area contributed by atoms with Crippen molar-refractivity contribution in [2.45, 2.75) is 102 Å². The van der Waals surface area contributed by atoms with Gasteiger partial charge >= 0.3 is 23.9 Å². The summed E-state index contributed by atoms with van der Waals surface area (Å²) in [5.74, 6) is -4.14. The first-order valence-electron chi connectivity index (χ1n) is 17.4. The number of amides is 4. The van der Waals surface area contributed by atoms with Gasteiger partial charge in [-0.1, -0.05) is 56.3 Å². The van der Waals surface area contributed by atoms with E-state index in [1.165, 1.54) is 0 Å². The topological polar surface area (TPSA) is 223 Å². The van der Waals surface area contributed by atoms with Crippen molar-refractivity contribution in [1.82, 2.24) is 26.6 Å². The molecule has 0 aliphatic heterocycles. The molecule has 1 aliphatic rings. The van der Waals surface area contributed by atoms with Crippen molar-refractivity contribution in [1.29, 1.82) is 0 Å². The lowest BCUT2D eigenvalue weighted by Gasteiger charge is -2.29. The zero-order valence-corrected chi connectivity index (χ0v) is 28.8. The molecule has 1 saturated carbocycles. The second-order valence-corrected chi connectivity index (χ2v) is 13.3. The number of rotatable bonds is 20. The van der Waals surface area contributed by atoms with Gasteiger partial charge in [0.25, 0.3) is 0 Å². The normalized spacial score (nSPS) is 17.7. The van der Waals surface area contributed by atoms with Gasteiger partial charge in [0.1, 0.15) is 18.1 Å². The van der Waals surface area contributed by atoms with Crippen molar-refractivity contribution in [2.75, 3.05) is 13.1 Å². The molecule has 0 radical (unpaired) electrons. The van der Waals surface area contributed by atoms with E-state index in [1.54, 1.807) is 0 Å². The molecule has 2 aromatic carbocycles. The number of hydrogen-bond acceptors (Lipinski definition) is 7. The van der Waals surface area contributed by atoms with Crippen LogP contribution in [-0.4, -0.2) is 88.3 Å². The Kier molecular flexibility index (Phi) is 15.9. The Morgan fingerprint density at radius 3 is 2.02 bits per heavy atom. The molecular weight excluding hydrogens is 646 g/mol. The average Bonchev–Trinajstić information content (AvgIpc) is 3.07. The standard InChI is InChI=1S/C36H51N5O9/c1-22(2)38-21-23-10-14-26(15-11-23)32(44)39-30(20-24-12-13-25-7-3-4-8-27(25)19-24)33(45)37-18-6-5-9-28(34(46)47)40-36(50)41-29(35(48)49)16-17-31(42)43/h3-4,7-8,12-13,19,22-23,26,28-30,38H,5-6,9-11,14-18,20-21H2,1-2H3,(H,37,45)(H,39,44)(H,42,43)(H,46,47)(H,48,49)(H2,40,41,50). The molecule has 3 atom stereocenters. The van der Waals surface area contributed by atoms with Gasteiger partial charge in [-0.05, 0) is 80.2 Å². The fourth-order valence-electron chi connectivity index (χ4n) is 6.08. The Balaban J connectivity index is 1.54. The third-order valence-electron chi connectivity index (χ3n) is 8.99. The molecule has 0 aromatic heterocycles. The largest absolute Gasteiger partial charge is 0.481 e. The molecule has 4 amide bonds. The highest BCUT2D eigenvalue weighted by molar-refractivity contribution is 5.89. The lowest BCUT2D eigenvalue weighted by Crippen LogP contribution is -2.51. The van der Waals surface area contributed by atoms with Crippen LogP contribution in [-0.2, 0) is 30.4 Å². The summed E-state index contributed by atoms with van der Waals surface area (Å²) in [7, 11) is 0. The number of carboxylic acid groups (broad SMARTS) is 3. The Morgan fingerprint density at radius 2 is 1.40 bits per heavy atom. The molecule has 2 aromatic rings. The van der Waals surface area contributed by atoms with Crippen LogP contribution in [0.25, 0.3) is 10.8 Å². The lowest BCUT2D eigenvalue weighted by molar-refractivity contribution is -0.141. The van der Waals surface area contributed by atoms with Gasteiger partial charge in [0, 0.05) is 31.3 Å². The molecular formula is C36H51N5O9. The van der Waals surface area contributed by atoms with E-state index in [9.17, 15) is 39.0 Å². The van der Waals surface area contributed by atoms with Crippen LogP contribution in [0.15, 0.2) is 42.5 Å². The van der Waals surface area contributed by atoms with Crippen molar-refractivity contribution in [3.8, 4) is 0 Å². The van der Waals surface area contributed by atoms with Gasteiger partial charge in [0.2, 0.25) is 11.8 Å². The fraction of sp³-hybridized carbons (Fsp3) is 0.556.